The summed E-state index contributed by atoms with van der Waals surface area (Å²) in [7, 11) is 3.98. The van der Waals surface area contributed by atoms with E-state index >= 15 is 0 Å². The summed E-state index contributed by atoms with van der Waals surface area (Å²) in [6.45, 7) is -0.118. The van der Waals surface area contributed by atoms with Crippen LogP contribution in [0.5, 0.6) is 5.75 Å². The first-order chi connectivity index (χ1) is 13.1. The molecule has 0 aromatic heterocycles. The molecule has 1 fully saturated rings. The van der Waals surface area contributed by atoms with Crippen molar-refractivity contribution in [3.05, 3.63) is 53.1 Å². The monoisotopic (exact) mass is 383 g/mol. The molecule has 0 spiro atoms. The van der Waals surface area contributed by atoms with Gasteiger partial charge in [0.1, 0.15) is 5.75 Å². The van der Waals surface area contributed by atoms with Crippen LogP contribution in [0.1, 0.15) is 52.6 Å². The van der Waals surface area contributed by atoms with E-state index in [1.807, 2.05) is 36.4 Å². The van der Waals surface area contributed by atoms with Crippen LogP contribution >= 0.6 is 9.24 Å². The Morgan fingerprint density at radius 1 is 1.15 bits per heavy atom. The van der Waals surface area contributed by atoms with Crippen LogP contribution in [0.15, 0.2) is 36.4 Å². The second-order valence-electron chi connectivity index (χ2n) is 7.09. The second kappa shape index (κ2) is 7.32. The highest BCUT2D eigenvalue weighted by atomic mass is 31.0. The molecule has 6 heteroatoms. The Morgan fingerprint density at radius 3 is 2.67 bits per heavy atom. The second-order valence-corrected chi connectivity index (χ2v) is 7.76. The zero-order valence-electron chi connectivity index (χ0n) is 15.2. The number of hydrogen-bond acceptors (Lipinski definition) is 4. The highest BCUT2D eigenvalue weighted by Gasteiger charge is 2.41. The molecule has 2 aromatic rings. The lowest BCUT2D eigenvalue weighted by Crippen LogP contribution is -2.18. The number of ether oxygens (including phenoxy) is 2. The smallest absolute Gasteiger partial charge is 0.343 e. The maximum absolute atomic E-state index is 13.0. The maximum atomic E-state index is 13.0. The van der Waals surface area contributed by atoms with Gasteiger partial charge in [-0.2, -0.15) is 0 Å². The molecule has 4 rings (SSSR count). The van der Waals surface area contributed by atoms with Crippen molar-refractivity contribution in [3.63, 3.8) is 0 Å². The minimum atomic E-state index is -0.411. The van der Waals surface area contributed by atoms with Crippen molar-refractivity contribution in [1.82, 2.24) is 0 Å². The summed E-state index contributed by atoms with van der Waals surface area (Å²) in [6, 6.07) is 11.3. The Labute approximate surface area is 160 Å². The molecule has 140 valence electrons. The number of carbonyl (C=O) groups excluding carboxylic acids is 2. The Balaban J connectivity index is 1.64. The molecule has 1 amide bonds. The fraction of sp³-hybridized carbons (Fsp3) is 0.333. The van der Waals surface area contributed by atoms with Gasteiger partial charge in [-0.25, -0.2) is 4.79 Å². The van der Waals surface area contributed by atoms with Crippen LogP contribution in [-0.4, -0.2) is 25.6 Å². The first-order valence-electron chi connectivity index (χ1n) is 9.10. The third kappa shape index (κ3) is 3.44. The van der Waals surface area contributed by atoms with Gasteiger partial charge in [0.25, 0.3) is 5.91 Å². The van der Waals surface area contributed by atoms with Gasteiger partial charge >= 0.3 is 5.97 Å². The summed E-state index contributed by atoms with van der Waals surface area (Å²) in [5.74, 6) is 0.979. The van der Waals surface area contributed by atoms with Crippen molar-refractivity contribution in [2.24, 2.45) is 0 Å². The molecule has 0 aliphatic heterocycles. The number of carbonyl (C=O) groups is 2. The van der Waals surface area contributed by atoms with Crippen molar-refractivity contribution >= 4 is 32.1 Å². The van der Waals surface area contributed by atoms with Crippen molar-refractivity contribution < 1.29 is 19.1 Å². The number of rotatable bonds is 5. The molecule has 3 unspecified atom stereocenters. The molecule has 0 saturated heterocycles. The van der Waals surface area contributed by atoms with Gasteiger partial charge in [0.05, 0.1) is 7.11 Å². The minimum Gasteiger partial charge on any atom is -0.482 e. The van der Waals surface area contributed by atoms with E-state index in [1.165, 1.54) is 7.11 Å². The number of anilines is 1. The van der Waals surface area contributed by atoms with Crippen molar-refractivity contribution in [2.75, 3.05) is 19.0 Å². The first-order valence-corrected chi connectivity index (χ1v) is 9.68. The Kier molecular flexibility index (Phi) is 4.88. The third-order valence-corrected chi connectivity index (χ3v) is 5.82. The standard InChI is InChI=1S/C21H22NO4P/c1-25-18(23)11-26-17-8-7-16(19-12-5-6-13(9-12)20(17)19)21(24)22-14-3-2-4-15(27)10-14/h2-4,7-8,10,12-13H,5-6,9,11,27H2,1H3,(H,22,24). The van der Waals surface area contributed by atoms with Crippen LogP contribution in [0.4, 0.5) is 5.69 Å². The molecule has 1 saturated carbocycles. The number of esters is 1. The molecule has 0 heterocycles. The summed E-state index contributed by atoms with van der Waals surface area (Å²) in [5, 5.41) is 4.02. The Hall–Kier alpha value is -2.39. The van der Waals surface area contributed by atoms with Gasteiger partial charge in [-0.1, -0.05) is 12.1 Å². The van der Waals surface area contributed by atoms with Gasteiger partial charge in [-0.3, -0.25) is 4.79 Å². The minimum absolute atomic E-state index is 0.103. The zero-order valence-corrected chi connectivity index (χ0v) is 16.3. The number of hydrogen-bond donors (Lipinski definition) is 1. The number of amides is 1. The van der Waals surface area contributed by atoms with Crippen molar-refractivity contribution in [1.29, 1.82) is 0 Å². The van der Waals surface area contributed by atoms with Crippen LogP contribution in [-0.2, 0) is 9.53 Å². The fourth-order valence-corrected chi connectivity index (χ4v) is 4.61. The summed E-state index contributed by atoms with van der Waals surface area (Å²) < 4.78 is 10.4. The SMILES string of the molecule is COC(=O)COc1ccc(C(=O)Nc2cccc(P)c2)c2c1C1CCC2C1. The van der Waals surface area contributed by atoms with Crippen LogP contribution in [0.3, 0.4) is 0 Å². The van der Waals surface area contributed by atoms with Gasteiger partial charge in [-0.15, -0.1) is 9.24 Å². The summed E-state index contributed by atoms with van der Waals surface area (Å²) >= 11 is 0. The molecule has 2 bridgehead atoms. The summed E-state index contributed by atoms with van der Waals surface area (Å²) in [4.78, 5) is 24.4. The van der Waals surface area contributed by atoms with Crippen LogP contribution in [0.2, 0.25) is 0 Å². The molecule has 2 aromatic carbocycles. The molecule has 2 aliphatic carbocycles. The van der Waals surface area contributed by atoms with E-state index in [0.717, 1.165) is 41.4 Å². The molecular formula is C21H22NO4P. The third-order valence-electron chi connectivity index (χ3n) is 5.46. The highest BCUT2D eigenvalue weighted by Crippen LogP contribution is 2.57. The number of nitrogens with one attached hydrogen (secondary N) is 1. The largest absolute Gasteiger partial charge is 0.482 e. The average molecular weight is 383 g/mol. The van der Waals surface area contributed by atoms with E-state index in [9.17, 15) is 9.59 Å². The van der Waals surface area contributed by atoms with E-state index in [0.29, 0.717) is 23.1 Å². The number of fused-ring (bicyclic) bond motifs is 5. The lowest BCUT2D eigenvalue weighted by Gasteiger charge is -2.22. The van der Waals surface area contributed by atoms with Crippen LogP contribution in [0.25, 0.3) is 0 Å². The first kappa shape index (κ1) is 18.0. The van der Waals surface area contributed by atoms with Gasteiger partial charge < -0.3 is 14.8 Å². The summed E-state index contributed by atoms with van der Waals surface area (Å²) in [6.07, 6.45) is 3.25. The molecule has 3 atom stereocenters. The van der Waals surface area contributed by atoms with E-state index in [-0.39, 0.29) is 12.5 Å². The highest BCUT2D eigenvalue weighted by molar-refractivity contribution is 7.27. The predicted octanol–water partition coefficient (Wildman–Crippen LogP) is 3.36. The van der Waals surface area contributed by atoms with Crippen molar-refractivity contribution in [2.45, 2.75) is 31.1 Å². The van der Waals surface area contributed by atoms with E-state index in [1.54, 1.807) is 0 Å². The van der Waals surface area contributed by atoms with E-state index < -0.39 is 5.97 Å². The normalized spacial score (nSPS) is 19.5. The van der Waals surface area contributed by atoms with Crippen LogP contribution < -0.4 is 15.4 Å². The summed E-state index contributed by atoms with van der Waals surface area (Å²) in [5.41, 5.74) is 3.67. The molecule has 2 aliphatic rings. The number of methoxy groups -OCH3 is 1. The van der Waals surface area contributed by atoms with Gasteiger partial charge in [0.2, 0.25) is 0 Å². The van der Waals surface area contributed by atoms with Crippen LogP contribution in [0, 0.1) is 0 Å². The lowest BCUT2D eigenvalue weighted by atomic mass is 9.87. The van der Waals surface area contributed by atoms with Crippen molar-refractivity contribution in [3.8, 4) is 5.75 Å². The quantitative estimate of drug-likeness (QED) is 0.635. The maximum Gasteiger partial charge on any atom is 0.343 e. The average Bonchev–Trinajstić information content (AvgIpc) is 3.28. The lowest BCUT2D eigenvalue weighted by molar-refractivity contribution is -0.142. The number of benzene rings is 2. The van der Waals surface area contributed by atoms with Gasteiger partial charge in [0.15, 0.2) is 6.61 Å². The van der Waals surface area contributed by atoms with Gasteiger partial charge in [-0.05, 0) is 66.2 Å². The van der Waals surface area contributed by atoms with E-state index in [4.69, 9.17) is 4.74 Å². The van der Waals surface area contributed by atoms with Gasteiger partial charge in [0, 0.05) is 16.8 Å². The van der Waals surface area contributed by atoms with E-state index in [2.05, 4.69) is 19.3 Å². The Bertz CT molecular complexity index is 911. The fourth-order valence-electron chi connectivity index (χ4n) is 4.32. The molecule has 0 radical (unpaired) electrons. The molecule has 1 N–H and O–H groups in total. The molecule has 5 nitrogen and oxygen atoms in total. The predicted molar refractivity (Wildman–Crippen MR) is 107 cm³/mol. The Morgan fingerprint density at radius 2 is 1.93 bits per heavy atom. The topological polar surface area (TPSA) is 64.6 Å². The molecule has 27 heavy (non-hydrogen) atoms. The zero-order chi connectivity index (χ0) is 19.0. The molecular weight excluding hydrogens is 361 g/mol.